The van der Waals surface area contributed by atoms with Gasteiger partial charge in [0.15, 0.2) is 0 Å². The predicted octanol–water partition coefficient (Wildman–Crippen LogP) is 0.891. The molecule has 0 aliphatic heterocycles. The van der Waals surface area contributed by atoms with Crippen molar-refractivity contribution in [3.05, 3.63) is 0 Å². The maximum absolute atomic E-state index is 9.81. The molecule has 0 aromatic rings. The van der Waals surface area contributed by atoms with Crippen LogP contribution in [0.5, 0.6) is 0 Å². The van der Waals surface area contributed by atoms with E-state index in [9.17, 15) is 4.79 Å². The van der Waals surface area contributed by atoms with Crippen LogP contribution in [0.15, 0.2) is 0 Å². The Kier molecular flexibility index (Phi) is 2.84. The van der Waals surface area contributed by atoms with Crippen LogP contribution in [0.4, 0.5) is 0 Å². The summed E-state index contributed by atoms with van der Waals surface area (Å²) in [6.45, 7) is 1.60. The highest BCUT2D eigenvalue weighted by Crippen LogP contribution is 1.88. The van der Waals surface area contributed by atoms with Crippen LogP contribution in [0.25, 0.3) is 0 Å². The molecule has 0 aliphatic rings. The second-order valence-electron chi connectivity index (χ2n) is 1.67. The van der Waals surface area contributed by atoms with Crippen LogP contribution < -0.4 is 0 Å². The summed E-state index contributed by atoms with van der Waals surface area (Å²) in [4.78, 5) is 9.81. The largest absolute Gasteiger partial charge is 0.481 e. The van der Waals surface area contributed by atoms with E-state index in [1.807, 2.05) is 0 Å². The maximum Gasteiger partial charge on any atom is 0.303 e. The lowest BCUT2D eigenvalue weighted by atomic mass is 10.2. The Morgan fingerprint density at radius 3 is 2.25 bits per heavy atom. The van der Waals surface area contributed by atoms with Crippen molar-refractivity contribution in [1.82, 2.24) is 0 Å². The Labute approximate surface area is 47.8 Å². The lowest BCUT2D eigenvalue weighted by Crippen LogP contribution is -1.97. The van der Waals surface area contributed by atoms with Gasteiger partial charge < -0.3 is 10.5 Å². The molecule has 0 fully saturated rings. The number of nitrogens with one attached hydrogen (secondary N) is 1. The van der Waals surface area contributed by atoms with Gasteiger partial charge in [-0.15, -0.1) is 0 Å². The summed E-state index contributed by atoms with van der Waals surface area (Å²) in [5.41, 5.74) is 0.424. The Hall–Kier alpha value is -0.860. The molecule has 0 radical (unpaired) electrons. The molecule has 0 aliphatic carbocycles. The second-order valence-corrected chi connectivity index (χ2v) is 1.67. The van der Waals surface area contributed by atoms with Crippen molar-refractivity contribution < 1.29 is 9.90 Å². The number of aliphatic carboxylic acids is 1. The van der Waals surface area contributed by atoms with E-state index in [4.69, 9.17) is 10.5 Å². The van der Waals surface area contributed by atoms with Gasteiger partial charge in [-0.1, -0.05) is 0 Å². The Morgan fingerprint density at radius 2 is 2.12 bits per heavy atom. The first-order chi connectivity index (χ1) is 3.63. The molecule has 0 rings (SSSR count). The summed E-state index contributed by atoms with van der Waals surface area (Å²) in [7, 11) is 0. The summed E-state index contributed by atoms with van der Waals surface area (Å²) in [6, 6.07) is 0. The van der Waals surface area contributed by atoms with Crippen LogP contribution in [-0.4, -0.2) is 16.8 Å². The molecule has 0 aromatic heterocycles. The van der Waals surface area contributed by atoms with E-state index < -0.39 is 5.97 Å². The van der Waals surface area contributed by atoms with E-state index in [1.54, 1.807) is 6.92 Å². The number of carboxylic acid groups (broad SMARTS) is 1. The van der Waals surface area contributed by atoms with Gasteiger partial charge in [-0.25, -0.2) is 0 Å². The third kappa shape index (κ3) is 5.14. The highest BCUT2D eigenvalue weighted by molar-refractivity contribution is 5.82. The number of hydrogen-bond acceptors (Lipinski definition) is 2. The van der Waals surface area contributed by atoms with Crippen LogP contribution in [0.1, 0.15) is 19.8 Å². The van der Waals surface area contributed by atoms with Gasteiger partial charge in [0.1, 0.15) is 0 Å². The summed E-state index contributed by atoms with van der Waals surface area (Å²) < 4.78 is 0. The molecular weight excluding hydrogens is 106 g/mol. The SMILES string of the molecule is CC(=N)CCC(=O)O. The first-order valence-electron chi connectivity index (χ1n) is 2.38. The zero-order chi connectivity index (χ0) is 6.57. The lowest BCUT2D eigenvalue weighted by molar-refractivity contribution is -0.136. The van der Waals surface area contributed by atoms with Gasteiger partial charge in [0.05, 0.1) is 6.42 Å². The Balaban J connectivity index is 3.18. The first kappa shape index (κ1) is 7.14. The van der Waals surface area contributed by atoms with Gasteiger partial charge in [-0.2, -0.15) is 0 Å². The molecule has 0 spiro atoms. The molecular formula is C5H9NO2. The van der Waals surface area contributed by atoms with Crippen LogP contribution in [0.3, 0.4) is 0 Å². The summed E-state index contributed by atoms with van der Waals surface area (Å²) in [5, 5.41) is 14.9. The molecule has 0 unspecified atom stereocenters. The first-order valence-corrected chi connectivity index (χ1v) is 2.38. The highest BCUT2D eigenvalue weighted by atomic mass is 16.4. The normalized spacial score (nSPS) is 8.62. The van der Waals surface area contributed by atoms with E-state index in [0.29, 0.717) is 12.1 Å². The topological polar surface area (TPSA) is 61.2 Å². The smallest absolute Gasteiger partial charge is 0.303 e. The van der Waals surface area contributed by atoms with E-state index in [0.717, 1.165) is 0 Å². The Morgan fingerprint density at radius 1 is 1.62 bits per heavy atom. The molecule has 2 N–H and O–H groups in total. The van der Waals surface area contributed by atoms with Crippen molar-refractivity contribution in [2.45, 2.75) is 19.8 Å². The monoisotopic (exact) mass is 115 g/mol. The van der Waals surface area contributed by atoms with Crippen molar-refractivity contribution in [3.8, 4) is 0 Å². The fourth-order valence-electron chi connectivity index (χ4n) is 0.294. The van der Waals surface area contributed by atoms with Crippen molar-refractivity contribution in [1.29, 1.82) is 5.41 Å². The quantitative estimate of drug-likeness (QED) is 0.536. The third-order valence-electron chi connectivity index (χ3n) is 0.714. The van der Waals surface area contributed by atoms with E-state index >= 15 is 0 Å². The minimum absolute atomic E-state index is 0.0787. The van der Waals surface area contributed by atoms with Gasteiger partial charge in [0, 0.05) is 5.71 Å². The van der Waals surface area contributed by atoms with Crippen LogP contribution in [0.2, 0.25) is 0 Å². The minimum Gasteiger partial charge on any atom is -0.481 e. The highest BCUT2D eigenvalue weighted by Gasteiger charge is 1.95. The molecule has 0 amide bonds. The van der Waals surface area contributed by atoms with Crippen molar-refractivity contribution in [3.63, 3.8) is 0 Å². The van der Waals surface area contributed by atoms with Gasteiger partial charge in [0.25, 0.3) is 0 Å². The van der Waals surface area contributed by atoms with Gasteiger partial charge in [-0.05, 0) is 13.3 Å². The average molecular weight is 115 g/mol. The molecule has 8 heavy (non-hydrogen) atoms. The Bertz CT molecular complexity index is 95.0. The number of carboxylic acids is 1. The average Bonchev–Trinajstić information content (AvgIpc) is 1.61. The van der Waals surface area contributed by atoms with Crippen LogP contribution in [0, 0.1) is 5.41 Å². The lowest BCUT2D eigenvalue weighted by Gasteiger charge is -1.89. The molecule has 46 valence electrons. The van der Waals surface area contributed by atoms with E-state index in [1.165, 1.54) is 0 Å². The minimum atomic E-state index is -0.836. The molecule has 3 nitrogen and oxygen atoms in total. The maximum atomic E-state index is 9.81. The van der Waals surface area contributed by atoms with Crippen molar-refractivity contribution >= 4 is 11.7 Å². The van der Waals surface area contributed by atoms with E-state index in [2.05, 4.69) is 0 Å². The zero-order valence-electron chi connectivity index (χ0n) is 4.77. The molecule has 0 aromatic carbocycles. The van der Waals surface area contributed by atoms with Crippen LogP contribution in [-0.2, 0) is 4.79 Å². The molecule has 3 heteroatoms. The predicted molar refractivity (Wildman–Crippen MR) is 30.3 cm³/mol. The standard InChI is InChI=1S/C5H9NO2/c1-4(6)2-3-5(7)8/h6H,2-3H2,1H3,(H,7,8). The van der Waals surface area contributed by atoms with Gasteiger partial charge in [0.2, 0.25) is 0 Å². The number of rotatable bonds is 3. The fourth-order valence-corrected chi connectivity index (χ4v) is 0.294. The van der Waals surface area contributed by atoms with Crippen molar-refractivity contribution in [2.24, 2.45) is 0 Å². The third-order valence-corrected chi connectivity index (χ3v) is 0.714. The molecule has 0 heterocycles. The second kappa shape index (κ2) is 3.18. The number of hydrogen-bond donors (Lipinski definition) is 2. The zero-order valence-corrected chi connectivity index (χ0v) is 4.77. The molecule has 0 atom stereocenters. The number of carbonyl (C=O) groups is 1. The summed E-state index contributed by atoms with van der Waals surface area (Å²) in [5.74, 6) is -0.836. The molecule has 0 saturated heterocycles. The summed E-state index contributed by atoms with van der Waals surface area (Å²) >= 11 is 0. The van der Waals surface area contributed by atoms with E-state index in [-0.39, 0.29) is 6.42 Å². The van der Waals surface area contributed by atoms with Crippen LogP contribution >= 0.6 is 0 Å². The molecule has 0 bridgehead atoms. The molecule has 0 saturated carbocycles. The summed E-state index contributed by atoms with van der Waals surface area (Å²) in [6.07, 6.45) is 0.449. The van der Waals surface area contributed by atoms with Gasteiger partial charge >= 0.3 is 5.97 Å². The van der Waals surface area contributed by atoms with Crippen molar-refractivity contribution in [2.75, 3.05) is 0 Å². The van der Waals surface area contributed by atoms with Gasteiger partial charge in [-0.3, -0.25) is 4.79 Å². The fraction of sp³-hybridized carbons (Fsp3) is 0.600.